The van der Waals surface area contributed by atoms with Crippen molar-refractivity contribution in [1.82, 2.24) is 15.6 Å². The molecule has 0 spiro atoms. The van der Waals surface area contributed by atoms with Gasteiger partial charge in [-0.25, -0.2) is 9.98 Å². The van der Waals surface area contributed by atoms with Gasteiger partial charge in [0.2, 0.25) is 5.88 Å². The number of nitrogens with zero attached hydrogens (tertiary/aromatic N) is 2. The first-order valence-electron chi connectivity index (χ1n) is 9.07. The number of thiophene rings is 1. The second-order valence-corrected chi connectivity index (χ2v) is 6.74. The summed E-state index contributed by atoms with van der Waals surface area (Å²) in [6.45, 7) is 4.15. The number of benzene rings is 1. The number of pyridine rings is 1. The molecule has 0 saturated carbocycles. The number of nitrogens with one attached hydrogen (secondary N) is 2. The molecule has 2 aromatic heterocycles. The summed E-state index contributed by atoms with van der Waals surface area (Å²) in [5.74, 6) is 2.84. The Hall–Kier alpha value is -2.33. The van der Waals surface area contributed by atoms with Crippen molar-refractivity contribution in [2.45, 2.75) is 20.0 Å². The molecule has 0 bridgehead atoms. The Bertz CT molecular complexity index is 869. The van der Waals surface area contributed by atoms with Gasteiger partial charge in [-0.15, -0.1) is 24.0 Å². The highest BCUT2D eigenvalue weighted by Crippen LogP contribution is 2.22. The van der Waals surface area contributed by atoms with Crippen LogP contribution in [0.4, 0.5) is 0 Å². The molecule has 0 aliphatic heterocycles. The van der Waals surface area contributed by atoms with Gasteiger partial charge in [-0.1, -0.05) is 6.07 Å². The zero-order chi connectivity index (χ0) is 19.6. The topological polar surface area (TPSA) is 67.8 Å². The lowest BCUT2D eigenvalue weighted by molar-refractivity contribution is 0.412. The van der Waals surface area contributed by atoms with Gasteiger partial charge in [-0.3, -0.25) is 0 Å². The van der Waals surface area contributed by atoms with Crippen molar-refractivity contribution < 1.29 is 9.47 Å². The SMILES string of the molecule is CCNC(=NCc1ccsc1)NCc1ccc(Oc2ccc(OC)cc2)nc1.I. The van der Waals surface area contributed by atoms with Crippen LogP contribution in [-0.2, 0) is 13.1 Å². The van der Waals surface area contributed by atoms with E-state index in [1.165, 1.54) is 5.56 Å². The van der Waals surface area contributed by atoms with Gasteiger partial charge in [0, 0.05) is 25.4 Å². The van der Waals surface area contributed by atoms with Crippen LogP contribution >= 0.6 is 35.3 Å². The summed E-state index contributed by atoms with van der Waals surface area (Å²) in [6, 6.07) is 13.3. The molecule has 29 heavy (non-hydrogen) atoms. The lowest BCUT2D eigenvalue weighted by Crippen LogP contribution is -2.36. The molecular formula is C21H25IN4O2S. The maximum Gasteiger partial charge on any atom is 0.219 e. The first-order chi connectivity index (χ1) is 13.8. The minimum Gasteiger partial charge on any atom is -0.497 e. The average molecular weight is 524 g/mol. The highest BCUT2D eigenvalue weighted by molar-refractivity contribution is 14.0. The van der Waals surface area contributed by atoms with Crippen LogP contribution in [0.5, 0.6) is 17.4 Å². The van der Waals surface area contributed by atoms with E-state index < -0.39 is 0 Å². The molecule has 0 amide bonds. The largest absolute Gasteiger partial charge is 0.497 e. The molecule has 3 aromatic rings. The Balaban J connectivity index is 0.00000300. The number of hydrogen-bond donors (Lipinski definition) is 2. The highest BCUT2D eigenvalue weighted by Gasteiger charge is 2.02. The van der Waals surface area contributed by atoms with Crippen LogP contribution in [0.15, 0.2) is 64.4 Å². The fourth-order valence-electron chi connectivity index (χ4n) is 2.42. The maximum absolute atomic E-state index is 5.75. The van der Waals surface area contributed by atoms with E-state index >= 15 is 0 Å². The summed E-state index contributed by atoms with van der Waals surface area (Å²) in [5, 5.41) is 10.8. The average Bonchev–Trinajstić information content (AvgIpc) is 3.25. The number of ether oxygens (including phenoxy) is 2. The van der Waals surface area contributed by atoms with Crippen molar-refractivity contribution in [2.24, 2.45) is 4.99 Å². The van der Waals surface area contributed by atoms with Gasteiger partial charge in [-0.2, -0.15) is 11.3 Å². The molecule has 0 radical (unpaired) electrons. The van der Waals surface area contributed by atoms with E-state index in [0.717, 1.165) is 23.8 Å². The van der Waals surface area contributed by atoms with Crippen molar-refractivity contribution >= 4 is 41.3 Å². The number of aliphatic imine (C=N–C) groups is 1. The van der Waals surface area contributed by atoms with Crippen molar-refractivity contribution in [3.63, 3.8) is 0 Å². The van der Waals surface area contributed by atoms with Crippen LogP contribution in [0.1, 0.15) is 18.1 Å². The Morgan fingerprint density at radius 2 is 1.83 bits per heavy atom. The standard InChI is InChI=1S/C21H24N4O2S.HI/c1-3-22-21(25-14-17-10-11-28-15-17)24-13-16-4-9-20(23-12-16)27-19-7-5-18(26-2)6-8-19;/h4-12,15H,3,13-14H2,1-2H3,(H2,22,24,25);1H. The summed E-state index contributed by atoms with van der Waals surface area (Å²) in [4.78, 5) is 8.98. The van der Waals surface area contributed by atoms with Crippen LogP contribution in [0.25, 0.3) is 0 Å². The van der Waals surface area contributed by atoms with E-state index in [2.05, 4.69) is 44.4 Å². The molecule has 8 heteroatoms. The molecule has 1 aromatic carbocycles. The zero-order valence-electron chi connectivity index (χ0n) is 16.4. The van der Waals surface area contributed by atoms with Crippen molar-refractivity contribution in [1.29, 1.82) is 0 Å². The number of rotatable bonds is 8. The quantitative estimate of drug-likeness (QED) is 0.251. The third-order valence-corrected chi connectivity index (χ3v) is 4.62. The van der Waals surface area contributed by atoms with E-state index in [1.807, 2.05) is 36.4 Å². The van der Waals surface area contributed by atoms with Gasteiger partial charge in [0.25, 0.3) is 0 Å². The minimum absolute atomic E-state index is 0. The number of aromatic nitrogens is 1. The molecule has 6 nitrogen and oxygen atoms in total. The fraction of sp³-hybridized carbons (Fsp3) is 0.238. The zero-order valence-corrected chi connectivity index (χ0v) is 19.6. The molecule has 0 atom stereocenters. The lowest BCUT2D eigenvalue weighted by Gasteiger charge is -2.11. The van der Waals surface area contributed by atoms with Gasteiger partial charge >= 0.3 is 0 Å². The van der Waals surface area contributed by atoms with E-state index in [9.17, 15) is 0 Å². The maximum atomic E-state index is 5.75. The monoisotopic (exact) mass is 524 g/mol. The Labute approximate surface area is 192 Å². The normalized spacial score (nSPS) is 10.8. The number of methoxy groups -OCH3 is 1. The second-order valence-electron chi connectivity index (χ2n) is 5.96. The van der Waals surface area contributed by atoms with Gasteiger partial charge in [0.15, 0.2) is 5.96 Å². The third-order valence-electron chi connectivity index (χ3n) is 3.88. The van der Waals surface area contributed by atoms with Gasteiger partial charge in [-0.05, 0) is 59.1 Å². The van der Waals surface area contributed by atoms with E-state index in [1.54, 1.807) is 24.6 Å². The van der Waals surface area contributed by atoms with Crippen LogP contribution in [-0.4, -0.2) is 24.6 Å². The summed E-state index contributed by atoms with van der Waals surface area (Å²) < 4.78 is 10.9. The van der Waals surface area contributed by atoms with Crippen LogP contribution in [0, 0.1) is 0 Å². The van der Waals surface area contributed by atoms with Gasteiger partial charge in [0.05, 0.1) is 13.7 Å². The Morgan fingerprint density at radius 3 is 2.45 bits per heavy atom. The first-order valence-corrected chi connectivity index (χ1v) is 10.0. The summed E-state index contributed by atoms with van der Waals surface area (Å²) in [6.07, 6.45) is 1.80. The molecule has 2 N–H and O–H groups in total. The molecule has 2 heterocycles. The molecule has 0 unspecified atom stereocenters. The lowest BCUT2D eigenvalue weighted by atomic mass is 10.3. The fourth-order valence-corrected chi connectivity index (χ4v) is 3.08. The summed E-state index contributed by atoms with van der Waals surface area (Å²) in [7, 11) is 1.64. The highest BCUT2D eigenvalue weighted by atomic mass is 127. The van der Waals surface area contributed by atoms with Crippen molar-refractivity contribution in [2.75, 3.05) is 13.7 Å². The molecule has 0 aliphatic carbocycles. The molecular weight excluding hydrogens is 499 g/mol. The molecule has 0 aliphatic rings. The van der Waals surface area contributed by atoms with E-state index in [4.69, 9.17) is 9.47 Å². The minimum atomic E-state index is 0. The second kappa shape index (κ2) is 12.3. The van der Waals surface area contributed by atoms with E-state index in [0.29, 0.717) is 24.7 Å². The molecule has 0 fully saturated rings. The van der Waals surface area contributed by atoms with Crippen molar-refractivity contribution in [3.8, 4) is 17.4 Å². The van der Waals surface area contributed by atoms with Crippen molar-refractivity contribution in [3.05, 3.63) is 70.5 Å². The number of guanidine groups is 1. The van der Waals surface area contributed by atoms with Crippen LogP contribution in [0.2, 0.25) is 0 Å². The van der Waals surface area contributed by atoms with E-state index in [-0.39, 0.29) is 24.0 Å². The smallest absolute Gasteiger partial charge is 0.219 e. The van der Waals surface area contributed by atoms with Gasteiger partial charge < -0.3 is 20.1 Å². The first kappa shape index (κ1) is 23.0. The summed E-state index contributed by atoms with van der Waals surface area (Å²) >= 11 is 1.68. The predicted octanol–water partition coefficient (Wildman–Crippen LogP) is 4.82. The molecule has 0 saturated heterocycles. The predicted molar refractivity (Wildman–Crippen MR) is 129 cm³/mol. The Kier molecular flexibility index (Phi) is 9.72. The van der Waals surface area contributed by atoms with Gasteiger partial charge in [0.1, 0.15) is 11.5 Å². The third kappa shape index (κ3) is 7.54. The number of hydrogen-bond acceptors (Lipinski definition) is 5. The summed E-state index contributed by atoms with van der Waals surface area (Å²) in [5.41, 5.74) is 2.26. The molecule has 3 rings (SSSR count). The van der Waals surface area contributed by atoms with Crippen LogP contribution in [0.3, 0.4) is 0 Å². The van der Waals surface area contributed by atoms with Crippen LogP contribution < -0.4 is 20.1 Å². The Morgan fingerprint density at radius 1 is 1.03 bits per heavy atom. The molecule has 154 valence electrons. The number of halogens is 1.